The predicted octanol–water partition coefficient (Wildman–Crippen LogP) is 4.76. The summed E-state index contributed by atoms with van der Waals surface area (Å²) in [5.41, 5.74) is 3.52. The number of nitrogens with zero attached hydrogens (tertiary/aromatic N) is 4. The first kappa shape index (κ1) is 20.8. The molecule has 0 amide bonds. The molecule has 1 aliphatic rings. The molecule has 0 radical (unpaired) electrons. The number of rotatable bonds is 7. The maximum atomic E-state index is 11.9. The summed E-state index contributed by atoms with van der Waals surface area (Å²) in [4.78, 5) is 22.0. The van der Waals surface area contributed by atoms with E-state index in [1.165, 1.54) is 17.5 Å². The van der Waals surface area contributed by atoms with Gasteiger partial charge in [-0.15, -0.1) is 0 Å². The molecule has 1 aliphatic heterocycles. The molecule has 0 bridgehead atoms. The number of aryl methyl sites for hydroxylation is 1. The maximum absolute atomic E-state index is 11.9. The highest BCUT2D eigenvalue weighted by Gasteiger charge is 2.29. The van der Waals surface area contributed by atoms with Gasteiger partial charge in [0.15, 0.2) is 0 Å². The second-order valence-electron chi connectivity index (χ2n) is 8.11. The van der Waals surface area contributed by atoms with Crippen LogP contribution in [-0.2, 0) is 13.0 Å². The van der Waals surface area contributed by atoms with Crippen molar-refractivity contribution in [3.05, 3.63) is 87.7 Å². The van der Waals surface area contributed by atoms with Gasteiger partial charge in [0.1, 0.15) is 6.33 Å². The Balaban J connectivity index is 1.45. The molecule has 1 N–H and O–H groups in total. The van der Waals surface area contributed by atoms with Gasteiger partial charge in [-0.3, -0.25) is 10.1 Å². The molecule has 160 valence electrons. The Morgan fingerprint density at radius 3 is 2.42 bits per heavy atom. The smallest absolute Gasteiger partial charge is 0.353 e. The molecule has 0 unspecified atom stereocenters. The number of nitro groups is 1. The van der Waals surface area contributed by atoms with Crippen molar-refractivity contribution in [2.45, 2.75) is 32.7 Å². The van der Waals surface area contributed by atoms with Crippen LogP contribution in [0.1, 0.15) is 29.5 Å². The number of anilines is 2. The maximum Gasteiger partial charge on any atom is 0.353 e. The molecule has 1 fully saturated rings. The van der Waals surface area contributed by atoms with E-state index in [-0.39, 0.29) is 16.4 Å². The standard InChI is InChI=1S/C24H27N5O2/c1-18-7-9-21(10-8-18)16-25-23-22(29(30)31)24(27-17-26-23)28-13-11-20(12-14-28)15-19-5-3-2-4-6-19/h2-10,17,20H,11-16H2,1H3,(H,25,26,27). The molecule has 0 spiro atoms. The summed E-state index contributed by atoms with van der Waals surface area (Å²) in [5, 5.41) is 15.0. The van der Waals surface area contributed by atoms with Crippen LogP contribution in [-0.4, -0.2) is 28.0 Å². The third-order valence-corrected chi connectivity index (χ3v) is 5.85. The Kier molecular flexibility index (Phi) is 6.40. The van der Waals surface area contributed by atoms with Crippen molar-refractivity contribution < 1.29 is 4.92 Å². The van der Waals surface area contributed by atoms with Gasteiger partial charge in [0, 0.05) is 19.6 Å². The van der Waals surface area contributed by atoms with Gasteiger partial charge in [-0.1, -0.05) is 60.2 Å². The predicted molar refractivity (Wildman–Crippen MR) is 122 cm³/mol. The molecule has 2 heterocycles. The Morgan fingerprint density at radius 1 is 1.03 bits per heavy atom. The number of hydrogen-bond acceptors (Lipinski definition) is 6. The highest BCUT2D eigenvalue weighted by Crippen LogP contribution is 2.34. The lowest BCUT2D eigenvalue weighted by molar-refractivity contribution is -0.383. The van der Waals surface area contributed by atoms with Gasteiger partial charge in [0.25, 0.3) is 0 Å². The molecule has 1 saturated heterocycles. The molecule has 2 aromatic carbocycles. The average Bonchev–Trinajstić information content (AvgIpc) is 2.79. The Labute approximate surface area is 182 Å². The second kappa shape index (κ2) is 9.55. The molecule has 7 nitrogen and oxygen atoms in total. The van der Waals surface area contributed by atoms with E-state index >= 15 is 0 Å². The van der Waals surface area contributed by atoms with Crippen molar-refractivity contribution in [3.63, 3.8) is 0 Å². The molecule has 1 aromatic heterocycles. The third-order valence-electron chi connectivity index (χ3n) is 5.85. The Hall–Kier alpha value is -3.48. The zero-order chi connectivity index (χ0) is 21.6. The van der Waals surface area contributed by atoms with Crippen molar-refractivity contribution in [2.24, 2.45) is 5.92 Å². The molecule has 0 saturated carbocycles. The minimum absolute atomic E-state index is 0.0453. The van der Waals surface area contributed by atoms with Gasteiger partial charge >= 0.3 is 5.69 Å². The Bertz CT molecular complexity index is 1020. The number of nitrogens with one attached hydrogen (secondary N) is 1. The lowest BCUT2D eigenvalue weighted by Crippen LogP contribution is -2.35. The lowest BCUT2D eigenvalue weighted by Gasteiger charge is -2.32. The van der Waals surface area contributed by atoms with Crippen molar-refractivity contribution in [1.82, 2.24) is 9.97 Å². The van der Waals surface area contributed by atoms with Crippen molar-refractivity contribution in [2.75, 3.05) is 23.3 Å². The summed E-state index contributed by atoms with van der Waals surface area (Å²) in [6.07, 6.45) is 4.43. The van der Waals surface area contributed by atoms with Crippen LogP contribution >= 0.6 is 0 Å². The van der Waals surface area contributed by atoms with Gasteiger partial charge in [-0.25, -0.2) is 9.97 Å². The second-order valence-corrected chi connectivity index (χ2v) is 8.11. The van der Waals surface area contributed by atoms with Crippen LogP contribution in [0.2, 0.25) is 0 Å². The first-order valence-corrected chi connectivity index (χ1v) is 10.7. The van der Waals surface area contributed by atoms with E-state index in [0.717, 1.165) is 37.9 Å². The van der Waals surface area contributed by atoms with E-state index in [1.807, 2.05) is 42.2 Å². The highest BCUT2D eigenvalue weighted by atomic mass is 16.6. The first-order chi connectivity index (χ1) is 15.1. The zero-order valence-corrected chi connectivity index (χ0v) is 17.7. The van der Waals surface area contributed by atoms with E-state index in [0.29, 0.717) is 18.3 Å². The molecule has 3 aromatic rings. The summed E-state index contributed by atoms with van der Waals surface area (Å²) < 4.78 is 0. The lowest BCUT2D eigenvalue weighted by atomic mass is 9.90. The molecule has 4 rings (SSSR count). The summed E-state index contributed by atoms with van der Waals surface area (Å²) >= 11 is 0. The molecular weight excluding hydrogens is 390 g/mol. The fraction of sp³-hybridized carbons (Fsp3) is 0.333. The monoisotopic (exact) mass is 417 g/mol. The highest BCUT2D eigenvalue weighted by molar-refractivity contribution is 5.70. The van der Waals surface area contributed by atoms with Crippen LogP contribution in [0.25, 0.3) is 0 Å². The van der Waals surface area contributed by atoms with Crippen LogP contribution in [0.4, 0.5) is 17.3 Å². The van der Waals surface area contributed by atoms with Crippen LogP contribution in [0.3, 0.4) is 0 Å². The summed E-state index contributed by atoms with van der Waals surface area (Å²) in [5.74, 6) is 1.25. The summed E-state index contributed by atoms with van der Waals surface area (Å²) in [7, 11) is 0. The fourth-order valence-electron chi connectivity index (χ4n) is 4.09. The van der Waals surface area contributed by atoms with Crippen LogP contribution < -0.4 is 10.2 Å². The first-order valence-electron chi connectivity index (χ1n) is 10.7. The summed E-state index contributed by atoms with van der Waals surface area (Å²) in [6.45, 7) is 4.01. The zero-order valence-electron chi connectivity index (χ0n) is 17.7. The van der Waals surface area contributed by atoms with E-state index in [9.17, 15) is 10.1 Å². The third kappa shape index (κ3) is 5.17. The van der Waals surface area contributed by atoms with Crippen LogP contribution in [0.5, 0.6) is 0 Å². The molecule has 7 heteroatoms. The SMILES string of the molecule is Cc1ccc(CNc2ncnc(N3CCC(Cc4ccccc4)CC3)c2[N+](=O)[O-])cc1. The van der Waals surface area contributed by atoms with Gasteiger partial charge in [-0.2, -0.15) is 0 Å². The van der Waals surface area contributed by atoms with Crippen molar-refractivity contribution in [1.29, 1.82) is 0 Å². The van der Waals surface area contributed by atoms with Crippen LogP contribution in [0.15, 0.2) is 60.9 Å². The quantitative estimate of drug-likeness (QED) is 0.441. The van der Waals surface area contributed by atoms with Crippen molar-refractivity contribution >= 4 is 17.3 Å². The topological polar surface area (TPSA) is 84.2 Å². The van der Waals surface area contributed by atoms with Crippen LogP contribution in [0, 0.1) is 23.0 Å². The van der Waals surface area contributed by atoms with E-state index in [4.69, 9.17) is 0 Å². The summed E-state index contributed by atoms with van der Waals surface area (Å²) in [6, 6.07) is 18.6. The van der Waals surface area contributed by atoms with E-state index in [2.05, 4.69) is 39.6 Å². The van der Waals surface area contributed by atoms with Gasteiger partial charge in [-0.05, 0) is 43.2 Å². The van der Waals surface area contributed by atoms with Gasteiger partial charge < -0.3 is 10.2 Å². The molecule has 31 heavy (non-hydrogen) atoms. The normalized spacial score (nSPS) is 14.4. The Morgan fingerprint density at radius 2 is 1.74 bits per heavy atom. The largest absolute Gasteiger partial charge is 0.360 e. The number of hydrogen-bond donors (Lipinski definition) is 1. The molecular formula is C24H27N5O2. The minimum Gasteiger partial charge on any atom is -0.360 e. The number of benzene rings is 2. The molecule has 0 aliphatic carbocycles. The van der Waals surface area contributed by atoms with Crippen molar-refractivity contribution in [3.8, 4) is 0 Å². The number of aromatic nitrogens is 2. The van der Waals surface area contributed by atoms with E-state index in [1.54, 1.807) is 0 Å². The minimum atomic E-state index is -0.372. The average molecular weight is 418 g/mol. The number of piperidine rings is 1. The van der Waals surface area contributed by atoms with Gasteiger partial charge in [0.05, 0.1) is 4.92 Å². The van der Waals surface area contributed by atoms with Gasteiger partial charge in [0.2, 0.25) is 11.6 Å². The van der Waals surface area contributed by atoms with E-state index < -0.39 is 0 Å². The molecule has 0 atom stereocenters. The fourth-order valence-corrected chi connectivity index (χ4v) is 4.09.